The highest BCUT2D eigenvalue weighted by molar-refractivity contribution is 8.18. The molecular formula is C19H17FN2OS2. The molecule has 1 amide bonds. The highest BCUT2D eigenvalue weighted by Gasteiger charge is 2.25. The van der Waals surface area contributed by atoms with Crippen molar-refractivity contribution in [3.8, 4) is 10.4 Å². The summed E-state index contributed by atoms with van der Waals surface area (Å²) in [6.45, 7) is 0. The van der Waals surface area contributed by atoms with E-state index in [1.54, 1.807) is 12.1 Å². The van der Waals surface area contributed by atoms with Crippen LogP contribution in [0, 0.1) is 5.82 Å². The average Bonchev–Trinajstić information content (AvgIpc) is 3.32. The summed E-state index contributed by atoms with van der Waals surface area (Å²) < 4.78 is 13.9. The van der Waals surface area contributed by atoms with Gasteiger partial charge in [0, 0.05) is 15.3 Å². The van der Waals surface area contributed by atoms with E-state index in [9.17, 15) is 9.18 Å². The highest BCUT2D eigenvalue weighted by atomic mass is 32.2. The second-order valence-corrected chi connectivity index (χ2v) is 8.27. The molecule has 0 spiro atoms. The van der Waals surface area contributed by atoms with E-state index in [-0.39, 0.29) is 11.7 Å². The van der Waals surface area contributed by atoms with Gasteiger partial charge in [-0.25, -0.2) is 4.39 Å². The number of carbonyl (C=O) groups excluding carboxylic acids is 1. The third-order valence-electron chi connectivity index (χ3n) is 4.31. The van der Waals surface area contributed by atoms with Crippen LogP contribution in [-0.2, 0) is 4.79 Å². The number of thioether (sulfide) groups is 1. The van der Waals surface area contributed by atoms with Crippen LogP contribution in [0.2, 0.25) is 0 Å². The van der Waals surface area contributed by atoms with E-state index in [2.05, 4.69) is 10.3 Å². The SMILES string of the molecule is O=C1NC(=NC2CCCC2)S/C1=C\c1ccc(-c2ccccc2F)s1. The third kappa shape index (κ3) is 3.70. The Morgan fingerprint density at radius 2 is 1.96 bits per heavy atom. The van der Waals surface area contributed by atoms with Gasteiger partial charge in [0.1, 0.15) is 5.82 Å². The number of benzene rings is 1. The van der Waals surface area contributed by atoms with Crippen LogP contribution in [0.15, 0.2) is 46.3 Å². The zero-order valence-corrected chi connectivity index (χ0v) is 15.1. The first-order valence-corrected chi connectivity index (χ1v) is 9.96. The molecule has 25 heavy (non-hydrogen) atoms. The molecule has 2 aromatic rings. The Labute approximate surface area is 154 Å². The Kier molecular flexibility index (Phi) is 4.72. The number of halogens is 1. The number of rotatable bonds is 3. The highest BCUT2D eigenvalue weighted by Crippen LogP contribution is 2.34. The summed E-state index contributed by atoms with van der Waals surface area (Å²) in [5, 5.41) is 3.55. The quantitative estimate of drug-likeness (QED) is 0.766. The summed E-state index contributed by atoms with van der Waals surface area (Å²) in [7, 11) is 0. The van der Waals surface area contributed by atoms with Crippen LogP contribution in [0.5, 0.6) is 0 Å². The van der Waals surface area contributed by atoms with Crippen LogP contribution < -0.4 is 5.32 Å². The van der Waals surface area contributed by atoms with Gasteiger partial charge in [0.15, 0.2) is 5.17 Å². The lowest BCUT2D eigenvalue weighted by molar-refractivity contribution is -0.115. The van der Waals surface area contributed by atoms with Crippen LogP contribution in [0.1, 0.15) is 30.6 Å². The molecule has 3 nitrogen and oxygen atoms in total. The zero-order valence-electron chi connectivity index (χ0n) is 13.5. The van der Waals surface area contributed by atoms with Crippen molar-refractivity contribution in [3.05, 3.63) is 52.0 Å². The van der Waals surface area contributed by atoms with Crippen molar-refractivity contribution in [3.63, 3.8) is 0 Å². The van der Waals surface area contributed by atoms with Gasteiger partial charge < -0.3 is 5.32 Å². The largest absolute Gasteiger partial charge is 0.301 e. The number of nitrogens with zero attached hydrogens (tertiary/aromatic N) is 1. The van der Waals surface area contributed by atoms with Gasteiger partial charge in [-0.2, -0.15) is 0 Å². The van der Waals surface area contributed by atoms with Gasteiger partial charge >= 0.3 is 0 Å². The number of amidine groups is 1. The fourth-order valence-electron chi connectivity index (χ4n) is 3.05. The van der Waals surface area contributed by atoms with E-state index in [1.165, 1.54) is 42.0 Å². The molecular weight excluding hydrogens is 355 g/mol. The van der Waals surface area contributed by atoms with Crippen LogP contribution in [0.25, 0.3) is 16.5 Å². The van der Waals surface area contributed by atoms with E-state index < -0.39 is 0 Å². The monoisotopic (exact) mass is 372 g/mol. The lowest BCUT2D eigenvalue weighted by Gasteiger charge is -2.02. The maximum atomic E-state index is 13.9. The van der Waals surface area contributed by atoms with Gasteiger partial charge in [-0.15, -0.1) is 11.3 Å². The molecule has 0 bridgehead atoms. The van der Waals surface area contributed by atoms with E-state index >= 15 is 0 Å². The third-order valence-corrected chi connectivity index (χ3v) is 6.30. The molecule has 1 saturated heterocycles. The molecule has 0 unspecified atom stereocenters. The van der Waals surface area contributed by atoms with E-state index in [1.807, 2.05) is 24.3 Å². The fraction of sp³-hybridized carbons (Fsp3) is 0.263. The molecule has 1 aliphatic heterocycles. The van der Waals surface area contributed by atoms with Crippen molar-refractivity contribution in [1.29, 1.82) is 0 Å². The van der Waals surface area contributed by atoms with Crippen molar-refractivity contribution in [2.24, 2.45) is 4.99 Å². The fourth-order valence-corrected chi connectivity index (χ4v) is 4.99. The maximum Gasteiger partial charge on any atom is 0.264 e. The maximum absolute atomic E-state index is 13.9. The first-order valence-electron chi connectivity index (χ1n) is 8.32. The number of aliphatic imine (C=N–C) groups is 1. The van der Waals surface area contributed by atoms with E-state index in [4.69, 9.17) is 0 Å². The second kappa shape index (κ2) is 7.14. The molecule has 1 N–H and O–H groups in total. The van der Waals surface area contributed by atoms with Crippen molar-refractivity contribution in [2.75, 3.05) is 0 Å². The molecule has 4 rings (SSSR count). The summed E-state index contributed by atoms with van der Waals surface area (Å²) in [6.07, 6.45) is 6.51. The molecule has 0 atom stereocenters. The summed E-state index contributed by atoms with van der Waals surface area (Å²) in [5.74, 6) is -0.342. The summed E-state index contributed by atoms with van der Waals surface area (Å²) in [5.41, 5.74) is 0.587. The van der Waals surface area contributed by atoms with Gasteiger partial charge in [-0.3, -0.25) is 9.79 Å². The Hall–Kier alpha value is -1.92. The topological polar surface area (TPSA) is 41.5 Å². The van der Waals surface area contributed by atoms with Crippen molar-refractivity contribution in [2.45, 2.75) is 31.7 Å². The van der Waals surface area contributed by atoms with E-state index in [0.717, 1.165) is 22.6 Å². The normalized spacial score (nSPS) is 21.4. The van der Waals surface area contributed by atoms with Crippen molar-refractivity contribution >= 4 is 40.2 Å². The number of hydrogen-bond acceptors (Lipinski definition) is 4. The predicted molar refractivity (Wildman–Crippen MR) is 103 cm³/mol. The molecule has 1 saturated carbocycles. The second-order valence-electron chi connectivity index (χ2n) is 6.12. The molecule has 2 heterocycles. The number of amides is 1. The lowest BCUT2D eigenvalue weighted by atomic mass is 10.2. The van der Waals surface area contributed by atoms with E-state index in [0.29, 0.717) is 21.7 Å². The van der Waals surface area contributed by atoms with Gasteiger partial charge in [-0.05, 0) is 48.9 Å². The molecule has 2 aliphatic rings. The smallest absolute Gasteiger partial charge is 0.264 e. The van der Waals surface area contributed by atoms with Gasteiger partial charge in [0.2, 0.25) is 0 Å². The van der Waals surface area contributed by atoms with Gasteiger partial charge in [0.05, 0.1) is 10.9 Å². The van der Waals surface area contributed by atoms with Crippen LogP contribution in [0.4, 0.5) is 4.39 Å². The molecule has 128 valence electrons. The molecule has 2 fully saturated rings. The van der Waals surface area contributed by atoms with Gasteiger partial charge in [0.25, 0.3) is 5.91 Å². The number of thiophene rings is 1. The predicted octanol–water partition coefficient (Wildman–Crippen LogP) is 5.06. The molecule has 1 aromatic heterocycles. The average molecular weight is 372 g/mol. The molecule has 1 aliphatic carbocycles. The molecule has 6 heteroatoms. The molecule has 0 radical (unpaired) electrons. The first kappa shape index (κ1) is 16.5. The number of carbonyl (C=O) groups is 1. The number of hydrogen-bond donors (Lipinski definition) is 1. The first-order chi connectivity index (χ1) is 12.2. The summed E-state index contributed by atoms with van der Waals surface area (Å²) >= 11 is 2.87. The zero-order chi connectivity index (χ0) is 17.2. The van der Waals surface area contributed by atoms with Crippen LogP contribution >= 0.6 is 23.1 Å². The van der Waals surface area contributed by atoms with Gasteiger partial charge in [-0.1, -0.05) is 31.0 Å². The minimum atomic E-state index is -0.234. The Morgan fingerprint density at radius 1 is 1.16 bits per heavy atom. The summed E-state index contributed by atoms with van der Waals surface area (Å²) in [4.78, 5) is 19.2. The molecule has 1 aromatic carbocycles. The van der Waals surface area contributed by atoms with Crippen molar-refractivity contribution < 1.29 is 9.18 Å². The standard InChI is InChI=1S/C19H17FN2OS2/c20-15-8-4-3-7-14(15)16-10-9-13(24-16)11-17-18(23)22-19(25-17)21-12-5-1-2-6-12/h3-4,7-12H,1-2,5-6H2,(H,21,22,23)/b17-11-. The lowest BCUT2D eigenvalue weighted by Crippen LogP contribution is -2.21. The summed E-state index contributed by atoms with van der Waals surface area (Å²) in [6, 6.07) is 10.9. The Bertz CT molecular complexity index is 866. The minimum absolute atomic E-state index is 0.109. The Morgan fingerprint density at radius 3 is 2.76 bits per heavy atom. The Balaban J connectivity index is 1.53. The van der Waals surface area contributed by atoms with Crippen LogP contribution in [0.3, 0.4) is 0 Å². The number of nitrogens with one attached hydrogen (secondary N) is 1. The van der Waals surface area contributed by atoms with Crippen LogP contribution in [-0.4, -0.2) is 17.1 Å². The van der Waals surface area contributed by atoms with Crippen molar-refractivity contribution in [1.82, 2.24) is 5.32 Å². The minimum Gasteiger partial charge on any atom is -0.301 e.